The third-order valence-electron chi connectivity index (χ3n) is 3.47. The second-order valence-electron chi connectivity index (χ2n) is 5.69. The van der Waals surface area contributed by atoms with Gasteiger partial charge in [-0.3, -0.25) is 4.79 Å². The van der Waals surface area contributed by atoms with E-state index < -0.39 is 12.2 Å². The molecule has 0 spiro atoms. The van der Waals surface area contributed by atoms with Gasteiger partial charge in [-0.2, -0.15) is 8.78 Å². The Hall–Kier alpha value is -1.60. The number of likely N-dealkylation sites (N-methyl/N-ethyl adjacent to an activating group) is 1. The van der Waals surface area contributed by atoms with Gasteiger partial charge in [-0.05, 0) is 31.0 Å². The first kappa shape index (κ1) is 22.4. The first-order valence-corrected chi connectivity index (χ1v) is 7.37. The highest BCUT2D eigenvalue weighted by molar-refractivity contribution is 5.85. The molecule has 1 atom stereocenters. The molecule has 0 aliphatic rings. The summed E-state index contributed by atoms with van der Waals surface area (Å²) in [6, 6.07) is 4.65. The number of nitrogens with zero attached hydrogens (tertiary/aromatic N) is 1. The van der Waals surface area contributed by atoms with E-state index in [1.807, 2.05) is 6.92 Å². The monoisotopic (exact) mass is 366 g/mol. The second-order valence-corrected chi connectivity index (χ2v) is 5.69. The number of methoxy groups -OCH3 is 1. The van der Waals surface area contributed by atoms with E-state index in [-0.39, 0.29) is 36.4 Å². The van der Waals surface area contributed by atoms with Crippen LogP contribution in [0, 0.1) is 0 Å². The number of hydrogen-bond donors (Lipinski definition) is 1. The summed E-state index contributed by atoms with van der Waals surface area (Å²) in [4.78, 5) is 13.8. The number of amides is 1. The van der Waals surface area contributed by atoms with Crippen molar-refractivity contribution in [1.29, 1.82) is 0 Å². The van der Waals surface area contributed by atoms with Crippen molar-refractivity contribution < 1.29 is 23.0 Å². The average Bonchev–Trinajstić information content (AvgIpc) is 2.46. The molecular formula is C16H25ClF2N2O3. The molecule has 8 heteroatoms. The van der Waals surface area contributed by atoms with Crippen LogP contribution in [0.15, 0.2) is 18.2 Å². The molecule has 1 aromatic carbocycles. The lowest BCUT2D eigenvalue weighted by Crippen LogP contribution is -2.51. The van der Waals surface area contributed by atoms with Gasteiger partial charge in [0, 0.05) is 13.6 Å². The first-order valence-electron chi connectivity index (χ1n) is 7.37. The minimum atomic E-state index is -2.95. The predicted octanol–water partition coefficient (Wildman–Crippen LogP) is 3.19. The van der Waals surface area contributed by atoms with Gasteiger partial charge in [-0.25, -0.2) is 0 Å². The van der Waals surface area contributed by atoms with Crippen LogP contribution >= 0.6 is 12.4 Å². The highest BCUT2D eigenvalue weighted by Gasteiger charge is 2.30. The van der Waals surface area contributed by atoms with Crippen LogP contribution in [0.5, 0.6) is 11.5 Å². The SMILES string of the molecule is CCCC(C)(N)C(=O)N(C)Cc1ccc(OC)c(OC(F)F)c1.Cl. The number of nitrogens with two attached hydrogens (primary N) is 1. The van der Waals surface area contributed by atoms with E-state index >= 15 is 0 Å². The molecular weight excluding hydrogens is 342 g/mol. The van der Waals surface area contributed by atoms with Crippen LogP contribution < -0.4 is 15.2 Å². The molecule has 0 aliphatic heterocycles. The van der Waals surface area contributed by atoms with Gasteiger partial charge in [0.25, 0.3) is 0 Å². The van der Waals surface area contributed by atoms with Crippen molar-refractivity contribution in [1.82, 2.24) is 4.90 Å². The second kappa shape index (κ2) is 9.64. The predicted molar refractivity (Wildman–Crippen MR) is 90.8 cm³/mol. The fourth-order valence-electron chi connectivity index (χ4n) is 2.42. The number of alkyl halides is 2. The fraction of sp³-hybridized carbons (Fsp3) is 0.562. The standard InChI is InChI=1S/C16H24F2N2O3.ClH/c1-5-8-16(2,19)14(21)20(3)10-11-6-7-12(22-4)13(9-11)23-15(17)18;/h6-7,9,15H,5,8,10,19H2,1-4H3;1H. The molecule has 1 amide bonds. The number of rotatable bonds is 8. The molecule has 0 heterocycles. The van der Waals surface area contributed by atoms with E-state index in [9.17, 15) is 13.6 Å². The minimum absolute atomic E-state index is 0. The number of carbonyl (C=O) groups is 1. The lowest BCUT2D eigenvalue weighted by molar-refractivity contribution is -0.135. The zero-order valence-corrected chi connectivity index (χ0v) is 15.2. The molecule has 5 nitrogen and oxygen atoms in total. The number of carbonyl (C=O) groups excluding carboxylic acids is 1. The van der Waals surface area contributed by atoms with Crippen LogP contribution in [-0.2, 0) is 11.3 Å². The van der Waals surface area contributed by atoms with Crippen molar-refractivity contribution in [2.24, 2.45) is 5.73 Å². The number of ether oxygens (including phenoxy) is 2. The Balaban J connectivity index is 0.00000529. The molecule has 2 N–H and O–H groups in total. The van der Waals surface area contributed by atoms with Gasteiger partial charge in [-0.1, -0.05) is 19.4 Å². The molecule has 0 aromatic heterocycles. The van der Waals surface area contributed by atoms with Crippen LogP contribution in [-0.4, -0.2) is 37.1 Å². The van der Waals surface area contributed by atoms with Crippen molar-refractivity contribution in [3.05, 3.63) is 23.8 Å². The van der Waals surface area contributed by atoms with E-state index in [0.717, 1.165) is 6.42 Å². The summed E-state index contributed by atoms with van der Waals surface area (Å²) in [5.41, 5.74) is 5.73. The topological polar surface area (TPSA) is 64.8 Å². The maximum absolute atomic E-state index is 12.4. The summed E-state index contributed by atoms with van der Waals surface area (Å²) in [6.45, 7) is 0.930. The van der Waals surface area contributed by atoms with Gasteiger partial charge in [-0.15, -0.1) is 12.4 Å². The van der Waals surface area contributed by atoms with Gasteiger partial charge in [0.15, 0.2) is 11.5 Å². The van der Waals surface area contributed by atoms with Crippen LogP contribution in [0.4, 0.5) is 8.78 Å². The molecule has 1 rings (SSSR count). The van der Waals surface area contributed by atoms with Gasteiger partial charge in [0.05, 0.1) is 12.6 Å². The smallest absolute Gasteiger partial charge is 0.387 e. The molecule has 0 saturated heterocycles. The Morgan fingerprint density at radius 1 is 1.38 bits per heavy atom. The molecule has 24 heavy (non-hydrogen) atoms. The maximum Gasteiger partial charge on any atom is 0.387 e. The van der Waals surface area contributed by atoms with Crippen molar-refractivity contribution in [2.75, 3.05) is 14.2 Å². The highest BCUT2D eigenvalue weighted by Crippen LogP contribution is 2.30. The third-order valence-corrected chi connectivity index (χ3v) is 3.47. The minimum Gasteiger partial charge on any atom is -0.493 e. The lowest BCUT2D eigenvalue weighted by Gasteiger charge is -2.29. The Kier molecular flexibility index (Phi) is 8.99. The van der Waals surface area contributed by atoms with E-state index in [2.05, 4.69) is 4.74 Å². The summed E-state index contributed by atoms with van der Waals surface area (Å²) in [6.07, 6.45) is 1.36. The van der Waals surface area contributed by atoms with Crippen LogP contribution in [0.2, 0.25) is 0 Å². The summed E-state index contributed by atoms with van der Waals surface area (Å²) in [5, 5.41) is 0. The largest absolute Gasteiger partial charge is 0.493 e. The summed E-state index contributed by atoms with van der Waals surface area (Å²) in [7, 11) is 2.99. The van der Waals surface area contributed by atoms with Gasteiger partial charge >= 0.3 is 6.61 Å². The van der Waals surface area contributed by atoms with Crippen molar-refractivity contribution >= 4 is 18.3 Å². The fourth-order valence-corrected chi connectivity index (χ4v) is 2.42. The Morgan fingerprint density at radius 3 is 2.50 bits per heavy atom. The molecule has 0 radical (unpaired) electrons. The molecule has 1 aromatic rings. The lowest BCUT2D eigenvalue weighted by atomic mass is 9.95. The quantitative estimate of drug-likeness (QED) is 0.767. The van der Waals surface area contributed by atoms with Crippen molar-refractivity contribution in [3.8, 4) is 11.5 Å². The summed E-state index contributed by atoms with van der Waals surface area (Å²) < 4.78 is 34.3. The molecule has 0 aliphatic carbocycles. The third kappa shape index (κ3) is 6.13. The Labute approximate surface area is 147 Å². The highest BCUT2D eigenvalue weighted by atomic mass is 35.5. The van der Waals surface area contributed by atoms with Crippen LogP contribution in [0.3, 0.4) is 0 Å². The Bertz CT molecular complexity index is 542. The molecule has 1 unspecified atom stereocenters. The van der Waals surface area contributed by atoms with Crippen molar-refractivity contribution in [2.45, 2.75) is 45.4 Å². The van der Waals surface area contributed by atoms with Crippen LogP contribution in [0.1, 0.15) is 32.3 Å². The average molecular weight is 367 g/mol. The maximum atomic E-state index is 12.4. The summed E-state index contributed by atoms with van der Waals surface area (Å²) >= 11 is 0. The first-order chi connectivity index (χ1) is 10.7. The molecule has 138 valence electrons. The molecule has 0 bridgehead atoms. The van der Waals surface area contributed by atoms with E-state index in [1.54, 1.807) is 20.0 Å². The van der Waals surface area contributed by atoms with E-state index in [1.165, 1.54) is 24.1 Å². The zero-order valence-electron chi connectivity index (χ0n) is 14.3. The number of hydrogen-bond acceptors (Lipinski definition) is 4. The summed E-state index contributed by atoms with van der Waals surface area (Å²) in [5.74, 6) is -0.0610. The number of halogens is 3. The normalized spacial score (nSPS) is 13.0. The van der Waals surface area contributed by atoms with Gasteiger partial charge in [0.2, 0.25) is 5.91 Å². The van der Waals surface area contributed by atoms with Crippen LogP contribution in [0.25, 0.3) is 0 Å². The van der Waals surface area contributed by atoms with Crippen molar-refractivity contribution in [3.63, 3.8) is 0 Å². The van der Waals surface area contributed by atoms with E-state index in [4.69, 9.17) is 10.5 Å². The number of benzene rings is 1. The molecule has 0 saturated carbocycles. The zero-order chi connectivity index (χ0) is 17.6. The Morgan fingerprint density at radius 2 is 2.00 bits per heavy atom. The van der Waals surface area contributed by atoms with E-state index in [0.29, 0.717) is 12.0 Å². The van der Waals surface area contributed by atoms with Gasteiger partial charge < -0.3 is 20.1 Å². The molecule has 0 fully saturated rings. The van der Waals surface area contributed by atoms with Gasteiger partial charge in [0.1, 0.15) is 0 Å².